The fourth-order valence-corrected chi connectivity index (χ4v) is 2.23. The lowest BCUT2D eigenvalue weighted by Crippen LogP contribution is -2.36. The molecule has 1 aromatic rings. The molecular formula is C12H15ClN2O. The molecule has 3 nitrogen and oxygen atoms in total. The average molecular weight is 239 g/mol. The van der Waals surface area contributed by atoms with Gasteiger partial charge in [0.15, 0.2) is 0 Å². The molecule has 0 aliphatic carbocycles. The number of pyridine rings is 1. The molecule has 0 unspecified atom stereocenters. The van der Waals surface area contributed by atoms with E-state index >= 15 is 0 Å². The lowest BCUT2D eigenvalue weighted by atomic mass is 10.1. The smallest absolute Gasteiger partial charge is 0.255 e. The Hall–Kier alpha value is -1.09. The van der Waals surface area contributed by atoms with Gasteiger partial charge in [-0.25, -0.2) is 4.98 Å². The summed E-state index contributed by atoms with van der Waals surface area (Å²) in [7, 11) is 0. The van der Waals surface area contributed by atoms with Crippen LogP contribution in [0.2, 0.25) is 5.15 Å². The number of rotatable bonds is 1. The van der Waals surface area contributed by atoms with Crippen LogP contribution >= 0.6 is 11.6 Å². The largest absolute Gasteiger partial charge is 0.339 e. The maximum Gasteiger partial charge on any atom is 0.255 e. The number of nitrogens with zero attached hydrogens (tertiary/aromatic N) is 2. The van der Waals surface area contributed by atoms with Crippen molar-refractivity contribution in [3.8, 4) is 0 Å². The highest BCUT2D eigenvalue weighted by molar-refractivity contribution is 6.29. The summed E-state index contributed by atoms with van der Waals surface area (Å²) in [5.41, 5.74) is 1.57. The molecule has 2 rings (SSSR count). The van der Waals surface area contributed by atoms with E-state index in [1.165, 1.54) is 6.42 Å². The van der Waals surface area contributed by atoms with Gasteiger partial charge in [-0.15, -0.1) is 0 Å². The first kappa shape index (κ1) is 11.4. The van der Waals surface area contributed by atoms with Gasteiger partial charge in [0.1, 0.15) is 5.15 Å². The van der Waals surface area contributed by atoms with Crippen molar-refractivity contribution in [3.63, 3.8) is 0 Å². The zero-order chi connectivity index (χ0) is 11.5. The Kier molecular flexibility index (Phi) is 3.44. The summed E-state index contributed by atoms with van der Waals surface area (Å²) in [6.07, 6.45) is 5.01. The first-order chi connectivity index (χ1) is 7.68. The zero-order valence-corrected chi connectivity index (χ0v) is 10.1. The van der Waals surface area contributed by atoms with Crippen LogP contribution in [-0.2, 0) is 0 Å². The molecular weight excluding hydrogens is 224 g/mol. The van der Waals surface area contributed by atoms with Crippen molar-refractivity contribution in [1.29, 1.82) is 0 Å². The Labute approximate surface area is 100 Å². The van der Waals surface area contributed by atoms with Crippen molar-refractivity contribution in [2.24, 2.45) is 0 Å². The fraction of sp³-hybridized carbons (Fsp3) is 0.500. The summed E-state index contributed by atoms with van der Waals surface area (Å²) in [6.45, 7) is 3.62. The highest BCUT2D eigenvalue weighted by Crippen LogP contribution is 2.17. The molecule has 1 aliphatic heterocycles. The monoisotopic (exact) mass is 238 g/mol. The summed E-state index contributed by atoms with van der Waals surface area (Å²) in [4.78, 5) is 18.1. The molecule has 0 bridgehead atoms. The molecule has 86 valence electrons. The molecule has 1 amide bonds. The number of amides is 1. The van der Waals surface area contributed by atoms with E-state index in [4.69, 9.17) is 11.6 Å². The van der Waals surface area contributed by atoms with Crippen LogP contribution in [-0.4, -0.2) is 28.9 Å². The minimum absolute atomic E-state index is 0.0846. The van der Waals surface area contributed by atoms with E-state index in [9.17, 15) is 4.79 Å². The van der Waals surface area contributed by atoms with Crippen molar-refractivity contribution in [3.05, 3.63) is 28.5 Å². The summed E-state index contributed by atoms with van der Waals surface area (Å²) in [5, 5.41) is 0.438. The van der Waals surface area contributed by atoms with Crippen LogP contribution < -0.4 is 0 Å². The van der Waals surface area contributed by atoms with Crippen molar-refractivity contribution >= 4 is 17.5 Å². The van der Waals surface area contributed by atoms with E-state index in [1.54, 1.807) is 12.3 Å². The third kappa shape index (κ3) is 2.35. The molecule has 0 aromatic carbocycles. The third-order valence-electron chi connectivity index (χ3n) is 2.95. The summed E-state index contributed by atoms with van der Waals surface area (Å²) in [5.74, 6) is 0.0846. The van der Waals surface area contributed by atoms with Gasteiger partial charge in [0.25, 0.3) is 5.91 Å². The molecule has 0 saturated carbocycles. The molecule has 1 aromatic heterocycles. The summed E-state index contributed by atoms with van der Waals surface area (Å²) >= 11 is 5.77. The van der Waals surface area contributed by atoms with Gasteiger partial charge in [-0.3, -0.25) is 4.79 Å². The van der Waals surface area contributed by atoms with Crippen LogP contribution in [0.3, 0.4) is 0 Å². The predicted molar refractivity (Wildman–Crippen MR) is 63.7 cm³/mol. The van der Waals surface area contributed by atoms with Gasteiger partial charge in [0.2, 0.25) is 0 Å². The maximum atomic E-state index is 12.2. The van der Waals surface area contributed by atoms with E-state index in [1.807, 2.05) is 11.8 Å². The summed E-state index contributed by atoms with van der Waals surface area (Å²) in [6, 6.07) is 1.73. The summed E-state index contributed by atoms with van der Waals surface area (Å²) < 4.78 is 0. The first-order valence-electron chi connectivity index (χ1n) is 5.60. The number of halogens is 1. The van der Waals surface area contributed by atoms with Gasteiger partial charge in [0.05, 0.1) is 5.56 Å². The van der Waals surface area contributed by atoms with Gasteiger partial charge in [-0.2, -0.15) is 0 Å². The molecule has 1 fully saturated rings. The molecule has 0 N–H and O–H groups in total. The number of aromatic nitrogens is 1. The number of piperidine rings is 1. The Balaban J connectivity index is 2.19. The molecule has 1 aliphatic rings. The molecule has 16 heavy (non-hydrogen) atoms. The Bertz CT molecular complexity index is 400. The quantitative estimate of drug-likeness (QED) is 0.705. The van der Waals surface area contributed by atoms with E-state index in [0.29, 0.717) is 10.7 Å². The van der Waals surface area contributed by atoms with Crippen molar-refractivity contribution < 1.29 is 4.79 Å². The highest BCUT2D eigenvalue weighted by atomic mass is 35.5. The van der Waals surface area contributed by atoms with E-state index in [-0.39, 0.29) is 5.91 Å². The van der Waals surface area contributed by atoms with Crippen LogP contribution in [0.15, 0.2) is 12.3 Å². The third-order valence-corrected chi connectivity index (χ3v) is 3.16. The van der Waals surface area contributed by atoms with Crippen molar-refractivity contribution in [1.82, 2.24) is 9.88 Å². The topological polar surface area (TPSA) is 33.2 Å². The van der Waals surface area contributed by atoms with Crippen LogP contribution in [0.25, 0.3) is 0 Å². The van der Waals surface area contributed by atoms with Crippen molar-refractivity contribution in [2.45, 2.75) is 26.2 Å². The average Bonchev–Trinajstić information content (AvgIpc) is 2.29. The van der Waals surface area contributed by atoms with E-state index < -0.39 is 0 Å². The van der Waals surface area contributed by atoms with Gasteiger partial charge in [-0.1, -0.05) is 11.6 Å². The Morgan fingerprint density at radius 2 is 2.06 bits per heavy atom. The molecule has 0 atom stereocenters. The lowest BCUT2D eigenvalue weighted by Gasteiger charge is -2.27. The van der Waals surface area contributed by atoms with Crippen LogP contribution in [0.4, 0.5) is 0 Å². The second kappa shape index (κ2) is 4.83. The molecule has 4 heteroatoms. The number of aryl methyl sites for hydroxylation is 1. The number of hydrogen-bond acceptors (Lipinski definition) is 2. The first-order valence-corrected chi connectivity index (χ1v) is 5.97. The van der Waals surface area contributed by atoms with E-state index in [0.717, 1.165) is 31.5 Å². The van der Waals surface area contributed by atoms with E-state index in [2.05, 4.69) is 4.98 Å². The number of carbonyl (C=O) groups excluding carboxylic acids is 1. The lowest BCUT2D eigenvalue weighted by molar-refractivity contribution is 0.0723. The minimum atomic E-state index is 0.0846. The fourth-order valence-electron chi connectivity index (χ4n) is 2.01. The SMILES string of the molecule is Cc1cc(Cl)ncc1C(=O)N1CCCCC1. The Morgan fingerprint density at radius 1 is 1.38 bits per heavy atom. The zero-order valence-electron chi connectivity index (χ0n) is 9.37. The van der Waals surface area contributed by atoms with Gasteiger partial charge < -0.3 is 4.90 Å². The number of hydrogen-bond donors (Lipinski definition) is 0. The second-order valence-electron chi connectivity index (χ2n) is 4.17. The highest BCUT2D eigenvalue weighted by Gasteiger charge is 2.19. The van der Waals surface area contributed by atoms with Gasteiger partial charge in [-0.05, 0) is 37.8 Å². The van der Waals surface area contributed by atoms with Gasteiger partial charge >= 0.3 is 0 Å². The molecule has 1 saturated heterocycles. The number of likely N-dealkylation sites (tertiary alicyclic amines) is 1. The van der Waals surface area contributed by atoms with Crippen LogP contribution in [0, 0.1) is 6.92 Å². The standard InChI is InChI=1S/C12H15ClN2O/c1-9-7-11(13)14-8-10(9)12(16)15-5-3-2-4-6-15/h7-8H,2-6H2,1H3. The Morgan fingerprint density at radius 3 is 2.69 bits per heavy atom. The van der Waals surface area contributed by atoms with Crippen LogP contribution in [0.5, 0.6) is 0 Å². The number of carbonyl (C=O) groups is 1. The van der Waals surface area contributed by atoms with Gasteiger partial charge in [0, 0.05) is 19.3 Å². The molecule has 0 radical (unpaired) electrons. The normalized spacial score (nSPS) is 16.2. The second-order valence-corrected chi connectivity index (χ2v) is 4.56. The molecule has 0 spiro atoms. The predicted octanol–water partition coefficient (Wildman–Crippen LogP) is 2.67. The van der Waals surface area contributed by atoms with Crippen LogP contribution in [0.1, 0.15) is 35.2 Å². The maximum absolute atomic E-state index is 12.2. The van der Waals surface area contributed by atoms with Crippen molar-refractivity contribution in [2.75, 3.05) is 13.1 Å². The minimum Gasteiger partial charge on any atom is -0.339 e. The molecule has 2 heterocycles.